The Kier molecular flexibility index (Phi) is 3.35. The Balaban J connectivity index is 2.22. The van der Waals surface area contributed by atoms with Crippen LogP contribution in [0.2, 0.25) is 0 Å². The predicted molar refractivity (Wildman–Crippen MR) is 60.8 cm³/mol. The van der Waals surface area contributed by atoms with E-state index in [1.807, 2.05) is 6.07 Å². The molecule has 0 aliphatic heterocycles. The first-order valence-electron chi connectivity index (χ1n) is 5.11. The molecule has 0 aromatic heterocycles. The number of hydrogen-bond acceptors (Lipinski definition) is 2. The van der Waals surface area contributed by atoms with Gasteiger partial charge in [-0.1, -0.05) is 12.1 Å². The van der Waals surface area contributed by atoms with Crippen molar-refractivity contribution < 1.29 is 13.5 Å². The van der Waals surface area contributed by atoms with Crippen LogP contribution in [-0.2, 0) is 6.54 Å². The van der Waals surface area contributed by atoms with Crippen LogP contribution < -0.4 is 10.5 Å². The van der Waals surface area contributed by atoms with Gasteiger partial charge < -0.3 is 10.5 Å². The molecule has 0 aliphatic rings. The van der Waals surface area contributed by atoms with Gasteiger partial charge in [-0.2, -0.15) is 0 Å². The average molecular weight is 235 g/mol. The molecular weight excluding hydrogens is 224 g/mol. The Morgan fingerprint density at radius 1 is 0.941 bits per heavy atom. The highest BCUT2D eigenvalue weighted by Crippen LogP contribution is 2.23. The predicted octanol–water partition coefficient (Wildman–Crippen LogP) is 3.22. The van der Waals surface area contributed by atoms with Crippen molar-refractivity contribution in [2.45, 2.75) is 6.54 Å². The molecule has 0 unspecified atom stereocenters. The molecule has 88 valence electrons. The number of hydrogen-bond donors (Lipinski definition) is 1. The molecule has 2 nitrogen and oxygen atoms in total. The topological polar surface area (TPSA) is 35.2 Å². The van der Waals surface area contributed by atoms with E-state index in [1.165, 1.54) is 6.07 Å². The van der Waals surface area contributed by atoms with E-state index in [4.69, 9.17) is 10.5 Å². The van der Waals surface area contributed by atoms with Gasteiger partial charge in [0.05, 0.1) is 0 Å². The van der Waals surface area contributed by atoms with E-state index in [9.17, 15) is 8.78 Å². The van der Waals surface area contributed by atoms with Crippen LogP contribution in [0.15, 0.2) is 42.5 Å². The molecule has 2 aromatic carbocycles. The highest BCUT2D eigenvalue weighted by Gasteiger charge is 2.04. The minimum Gasteiger partial charge on any atom is -0.457 e. The second-order valence-corrected chi connectivity index (χ2v) is 3.53. The highest BCUT2D eigenvalue weighted by molar-refractivity contribution is 5.34. The second-order valence-electron chi connectivity index (χ2n) is 3.53. The van der Waals surface area contributed by atoms with Crippen LogP contribution in [0.25, 0.3) is 0 Å². The zero-order valence-electron chi connectivity index (χ0n) is 8.99. The lowest BCUT2D eigenvalue weighted by Crippen LogP contribution is -1.96. The normalized spacial score (nSPS) is 10.3. The molecule has 2 rings (SSSR count). The zero-order chi connectivity index (χ0) is 12.3. The van der Waals surface area contributed by atoms with E-state index in [-0.39, 0.29) is 5.75 Å². The van der Waals surface area contributed by atoms with E-state index in [2.05, 4.69) is 0 Å². The summed E-state index contributed by atoms with van der Waals surface area (Å²) in [5.74, 6) is -1.04. The molecule has 0 spiro atoms. The van der Waals surface area contributed by atoms with Gasteiger partial charge in [0.1, 0.15) is 11.5 Å². The number of ether oxygens (including phenoxy) is 1. The smallest absolute Gasteiger partial charge is 0.162 e. The standard InChI is InChI=1S/C13H11F2NO/c14-12-5-4-11(7-13(12)15)17-10-3-1-2-9(6-10)8-16/h1-7H,8,16H2. The van der Waals surface area contributed by atoms with Crippen molar-refractivity contribution in [1.82, 2.24) is 0 Å². The summed E-state index contributed by atoms with van der Waals surface area (Å²) in [6, 6.07) is 10.5. The third-order valence-corrected chi connectivity index (χ3v) is 2.26. The van der Waals surface area contributed by atoms with Crippen molar-refractivity contribution in [3.63, 3.8) is 0 Å². The van der Waals surface area contributed by atoms with Gasteiger partial charge in [-0.05, 0) is 29.8 Å². The quantitative estimate of drug-likeness (QED) is 0.886. The first-order valence-corrected chi connectivity index (χ1v) is 5.11. The number of halogens is 2. The summed E-state index contributed by atoms with van der Waals surface area (Å²) in [5.41, 5.74) is 6.40. The maximum atomic E-state index is 13.0. The molecule has 0 atom stereocenters. The van der Waals surface area contributed by atoms with Crippen molar-refractivity contribution >= 4 is 0 Å². The molecule has 4 heteroatoms. The molecule has 17 heavy (non-hydrogen) atoms. The Labute approximate surface area is 97.6 Å². The minimum atomic E-state index is -0.933. The summed E-state index contributed by atoms with van der Waals surface area (Å²) in [6.45, 7) is 0.398. The van der Waals surface area contributed by atoms with Gasteiger partial charge in [-0.15, -0.1) is 0 Å². The van der Waals surface area contributed by atoms with Crippen LogP contribution in [0, 0.1) is 11.6 Å². The second kappa shape index (κ2) is 4.93. The van der Waals surface area contributed by atoms with Crippen molar-refractivity contribution in [3.05, 3.63) is 59.7 Å². The van der Waals surface area contributed by atoms with Crippen LogP contribution in [0.3, 0.4) is 0 Å². The first-order chi connectivity index (χ1) is 8.19. The minimum absolute atomic E-state index is 0.248. The average Bonchev–Trinajstić information content (AvgIpc) is 2.34. The highest BCUT2D eigenvalue weighted by atomic mass is 19.2. The zero-order valence-corrected chi connectivity index (χ0v) is 8.99. The molecule has 0 saturated carbocycles. The summed E-state index contributed by atoms with van der Waals surface area (Å²) < 4.78 is 31.1. The van der Waals surface area contributed by atoms with Crippen LogP contribution >= 0.6 is 0 Å². The van der Waals surface area contributed by atoms with Gasteiger partial charge in [0.25, 0.3) is 0 Å². The molecule has 0 fully saturated rings. The number of rotatable bonds is 3. The molecule has 0 amide bonds. The van der Waals surface area contributed by atoms with E-state index in [1.54, 1.807) is 18.2 Å². The van der Waals surface area contributed by atoms with Gasteiger partial charge in [0.15, 0.2) is 11.6 Å². The molecule has 2 N–H and O–H groups in total. The Bertz CT molecular complexity index is 529. The third-order valence-electron chi connectivity index (χ3n) is 2.26. The van der Waals surface area contributed by atoms with E-state index < -0.39 is 11.6 Å². The van der Waals surface area contributed by atoms with Crippen LogP contribution in [0.4, 0.5) is 8.78 Å². The maximum Gasteiger partial charge on any atom is 0.162 e. The fourth-order valence-electron chi connectivity index (χ4n) is 1.41. The summed E-state index contributed by atoms with van der Waals surface area (Å²) in [7, 11) is 0. The molecule has 0 radical (unpaired) electrons. The van der Waals surface area contributed by atoms with E-state index in [0.29, 0.717) is 12.3 Å². The lowest BCUT2D eigenvalue weighted by atomic mass is 10.2. The van der Waals surface area contributed by atoms with Gasteiger partial charge in [-0.3, -0.25) is 0 Å². The Morgan fingerprint density at radius 3 is 2.41 bits per heavy atom. The van der Waals surface area contributed by atoms with Gasteiger partial charge in [0.2, 0.25) is 0 Å². The Morgan fingerprint density at radius 2 is 1.71 bits per heavy atom. The van der Waals surface area contributed by atoms with Crippen LogP contribution in [0.1, 0.15) is 5.56 Å². The summed E-state index contributed by atoms with van der Waals surface area (Å²) in [4.78, 5) is 0. The monoisotopic (exact) mass is 235 g/mol. The Hall–Kier alpha value is -1.94. The largest absolute Gasteiger partial charge is 0.457 e. The number of nitrogens with two attached hydrogens (primary N) is 1. The maximum absolute atomic E-state index is 13.0. The fourth-order valence-corrected chi connectivity index (χ4v) is 1.41. The van der Waals surface area contributed by atoms with Crippen LogP contribution in [0.5, 0.6) is 11.5 Å². The van der Waals surface area contributed by atoms with E-state index in [0.717, 1.165) is 17.7 Å². The molecule has 0 saturated heterocycles. The fraction of sp³-hybridized carbons (Fsp3) is 0.0769. The van der Waals surface area contributed by atoms with Crippen molar-refractivity contribution in [2.24, 2.45) is 5.73 Å². The summed E-state index contributed by atoms with van der Waals surface area (Å²) in [5, 5.41) is 0. The molecule has 0 aliphatic carbocycles. The molecular formula is C13H11F2NO. The molecule has 0 heterocycles. The first kappa shape index (κ1) is 11.5. The lowest BCUT2D eigenvalue weighted by molar-refractivity contribution is 0.461. The molecule has 0 bridgehead atoms. The third kappa shape index (κ3) is 2.79. The summed E-state index contributed by atoms with van der Waals surface area (Å²) in [6.07, 6.45) is 0. The SMILES string of the molecule is NCc1cccc(Oc2ccc(F)c(F)c2)c1. The lowest BCUT2D eigenvalue weighted by Gasteiger charge is -2.07. The summed E-state index contributed by atoms with van der Waals surface area (Å²) >= 11 is 0. The van der Waals surface area contributed by atoms with Gasteiger partial charge in [0, 0.05) is 12.6 Å². The van der Waals surface area contributed by atoms with Crippen LogP contribution in [-0.4, -0.2) is 0 Å². The number of benzene rings is 2. The van der Waals surface area contributed by atoms with Gasteiger partial charge >= 0.3 is 0 Å². The molecule has 2 aromatic rings. The van der Waals surface area contributed by atoms with Crippen molar-refractivity contribution in [3.8, 4) is 11.5 Å². The van der Waals surface area contributed by atoms with Crippen molar-refractivity contribution in [1.29, 1.82) is 0 Å². The van der Waals surface area contributed by atoms with Gasteiger partial charge in [-0.25, -0.2) is 8.78 Å². The van der Waals surface area contributed by atoms with Crippen molar-refractivity contribution in [2.75, 3.05) is 0 Å². The van der Waals surface area contributed by atoms with E-state index >= 15 is 0 Å².